The van der Waals surface area contributed by atoms with Gasteiger partial charge in [-0.1, -0.05) is 54.6 Å². The number of hydrogen-bond donors (Lipinski definition) is 3. The minimum absolute atomic E-state index is 0.228. The normalized spacial score (nSPS) is 10.8. The molecule has 0 saturated heterocycles. The molecule has 1 aromatic heterocycles. The van der Waals surface area contributed by atoms with Crippen LogP contribution < -0.4 is 5.32 Å². The number of hydrogen-bond acceptors (Lipinski definition) is 3. The van der Waals surface area contributed by atoms with Crippen molar-refractivity contribution in [2.75, 3.05) is 6.54 Å². The van der Waals surface area contributed by atoms with E-state index in [0.29, 0.717) is 13.0 Å². The monoisotopic (exact) mass is 414 g/mol. The van der Waals surface area contributed by atoms with Crippen molar-refractivity contribution < 1.29 is 14.6 Å². The Balaban J connectivity index is 1.26. The first kappa shape index (κ1) is 20.5. The van der Waals surface area contributed by atoms with E-state index in [-0.39, 0.29) is 12.4 Å². The number of carbonyl (C=O) groups is 1. The summed E-state index contributed by atoms with van der Waals surface area (Å²) < 4.78 is 5.45. The van der Waals surface area contributed by atoms with Gasteiger partial charge in [0.05, 0.1) is 0 Å². The fourth-order valence-corrected chi connectivity index (χ4v) is 3.73. The highest BCUT2D eigenvalue weighted by molar-refractivity contribution is 5.84. The summed E-state index contributed by atoms with van der Waals surface area (Å²) >= 11 is 0. The van der Waals surface area contributed by atoms with Crippen LogP contribution in [0.2, 0.25) is 0 Å². The summed E-state index contributed by atoms with van der Waals surface area (Å²) in [5, 5.41) is 13.5. The maximum absolute atomic E-state index is 12.2. The van der Waals surface area contributed by atoms with Crippen molar-refractivity contribution in [3.63, 3.8) is 0 Å². The lowest BCUT2D eigenvalue weighted by molar-refractivity contribution is 0.139. The first-order valence-electron chi connectivity index (χ1n) is 10.5. The number of phenolic OH excluding ortho intramolecular Hbond substituents is 1. The zero-order valence-electron chi connectivity index (χ0n) is 17.3. The molecule has 31 heavy (non-hydrogen) atoms. The molecule has 0 radical (unpaired) electrons. The van der Waals surface area contributed by atoms with Crippen molar-refractivity contribution >= 4 is 17.0 Å². The summed E-state index contributed by atoms with van der Waals surface area (Å²) in [5.74, 6) is 0.228. The minimum Gasteiger partial charge on any atom is -0.508 e. The van der Waals surface area contributed by atoms with Crippen LogP contribution in [0.25, 0.3) is 10.9 Å². The third-order valence-corrected chi connectivity index (χ3v) is 5.42. The summed E-state index contributed by atoms with van der Waals surface area (Å²) in [4.78, 5) is 15.3. The van der Waals surface area contributed by atoms with Gasteiger partial charge in [0.2, 0.25) is 0 Å². The lowest BCUT2D eigenvalue weighted by Gasteiger charge is -2.11. The Labute approximate surface area is 181 Å². The number of nitrogens with one attached hydrogen (secondary N) is 2. The molecule has 4 aromatic rings. The van der Waals surface area contributed by atoms with Gasteiger partial charge in [0, 0.05) is 23.6 Å². The van der Waals surface area contributed by atoms with Gasteiger partial charge in [-0.15, -0.1) is 0 Å². The van der Waals surface area contributed by atoms with Gasteiger partial charge < -0.3 is 20.1 Å². The molecular formula is C26H26N2O3. The van der Waals surface area contributed by atoms with Crippen molar-refractivity contribution in [3.05, 3.63) is 101 Å². The van der Waals surface area contributed by atoms with Crippen molar-refractivity contribution in [2.24, 2.45) is 0 Å². The van der Waals surface area contributed by atoms with Gasteiger partial charge in [-0.3, -0.25) is 0 Å². The molecule has 5 nitrogen and oxygen atoms in total. The van der Waals surface area contributed by atoms with Gasteiger partial charge in [-0.05, 0) is 59.7 Å². The lowest BCUT2D eigenvalue weighted by Crippen LogP contribution is -2.26. The van der Waals surface area contributed by atoms with Crippen molar-refractivity contribution in [1.82, 2.24) is 10.3 Å². The van der Waals surface area contributed by atoms with Crippen LogP contribution in [-0.2, 0) is 30.6 Å². The fraction of sp³-hybridized carbons (Fsp3) is 0.192. The first-order chi connectivity index (χ1) is 15.2. The molecule has 0 saturated carbocycles. The number of benzene rings is 3. The number of rotatable bonds is 8. The highest BCUT2D eigenvalue weighted by Gasteiger charge is 2.08. The Hall–Kier alpha value is -3.73. The number of H-pyrrole nitrogens is 1. The molecule has 158 valence electrons. The van der Waals surface area contributed by atoms with Gasteiger partial charge in [-0.25, -0.2) is 4.79 Å². The van der Waals surface area contributed by atoms with Gasteiger partial charge in [-0.2, -0.15) is 0 Å². The molecule has 1 amide bonds. The number of fused-ring (bicyclic) bond motifs is 1. The minimum atomic E-state index is -0.430. The standard InChI is InChI=1S/C26H26N2O3/c29-23-12-13-25-24(16-23)21(17-28-25)14-15-27-26(30)31-18-22-9-5-4-8-20(22)11-10-19-6-2-1-3-7-19/h1-9,12-13,16-17,28-29H,10-11,14-15,18H2,(H,27,30). The van der Waals surface area contributed by atoms with Crippen LogP contribution in [0.3, 0.4) is 0 Å². The molecule has 4 rings (SSSR count). The molecule has 3 N–H and O–H groups in total. The maximum Gasteiger partial charge on any atom is 0.407 e. The number of carbonyl (C=O) groups excluding carboxylic acids is 1. The molecule has 0 bridgehead atoms. The third kappa shape index (κ3) is 5.45. The van der Waals surface area contributed by atoms with E-state index in [1.807, 2.05) is 48.7 Å². The van der Waals surface area contributed by atoms with Crippen LogP contribution in [0.4, 0.5) is 4.79 Å². The smallest absolute Gasteiger partial charge is 0.407 e. The third-order valence-electron chi connectivity index (χ3n) is 5.42. The predicted octanol–water partition coefficient (Wildman–Crippen LogP) is 5.13. The number of alkyl carbamates (subject to hydrolysis) is 1. The Morgan fingerprint density at radius 3 is 2.48 bits per heavy atom. The van der Waals surface area contributed by atoms with Crippen LogP contribution in [0, 0.1) is 0 Å². The van der Waals surface area contributed by atoms with E-state index in [0.717, 1.165) is 34.9 Å². The van der Waals surface area contributed by atoms with Crippen LogP contribution in [0.15, 0.2) is 79.0 Å². The van der Waals surface area contributed by atoms with Crippen molar-refractivity contribution in [3.8, 4) is 5.75 Å². The number of amides is 1. The summed E-state index contributed by atoms with van der Waals surface area (Å²) in [6.07, 6.45) is 3.97. The van der Waals surface area contributed by atoms with E-state index >= 15 is 0 Å². The van der Waals surface area contributed by atoms with E-state index in [9.17, 15) is 9.90 Å². The van der Waals surface area contributed by atoms with Crippen LogP contribution >= 0.6 is 0 Å². The topological polar surface area (TPSA) is 74.4 Å². The fourth-order valence-electron chi connectivity index (χ4n) is 3.73. The Morgan fingerprint density at radius 1 is 0.871 bits per heavy atom. The zero-order valence-corrected chi connectivity index (χ0v) is 17.3. The summed E-state index contributed by atoms with van der Waals surface area (Å²) in [7, 11) is 0. The molecular weight excluding hydrogens is 388 g/mol. The van der Waals surface area contributed by atoms with Gasteiger partial charge >= 0.3 is 6.09 Å². The van der Waals surface area contributed by atoms with Gasteiger partial charge in [0.1, 0.15) is 12.4 Å². The number of aromatic amines is 1. The molecule has 0 spiro atoms. The average molecular weight is 415 g/mol. The lowest BCUT2D eigenvalue weighted by atomic mass is 10.0. The number of aromatic hydroxyl groups is 1. The molecule has 0 aliphatic heterocycles. The summed E-state index contributed by atoms with van der Waals surface area (Å²) in [6.45, 7) is 0.703. The quantitative estimate of drug-likeness (QED) is 0.374. The highest BCUT2D eigenvalue weighted by atomic mass is 16.5. The molecule has 3 aromatic carbocycles. The first-order valence-corrected chi connectivity index (χ1v) is 10.5. The number of ether oxygens (including phenoxy) is 1. The maximum atomic E-state index is 12.2. The second-order valence-corrected chi connectivity index (χ2v) is 7.55. The van der Waals surface area contributed by atoms with E-state index in [1.165, 1.54) is 11.1 Å². The largest absolute Gasteiger partial charge is 0.508 e. The molecule has 5 heteroatoms. The van der Waals surface area contributed by atoms with E-state index in [2.05, 4.69) is 28.5 Å². The van der Waals surface area contributed by atoms with Crippen LogP contribution in [0.1, 0.15) is 22.3 Å². The Kier molecular flexibility index (Phi) is 6.53. The van der Waals surface area contributed by atoms with E-state index in [4.69, 9.17) is 4.74 Å². The highest BCUT2D eigenvalue weighted by Crippen LogP contribution is 2.23. The van der Waals surface area contributed by atoms with E-state index in [1.54, 1.807) is 12.1 Å². The molecule has 0 aliphatic rings. The second kappa shape index (κ2) is 9.85. The second-order valence-electron chi connectivity index (χ2n) is 7.55. The molecule has 1 heterocycles. The molecule has 0 fully saturated rings. The van der Waals surface area contributed by atoms with Crippen molar-refractivity contribution in [2.45, 2.75) is 25.9 Å². The Morgan fingerprint density at radius 2 is 1.65 bits per heavy atom. The molecule has 0 unspecified atom stereocenters. The predicted molar refractivity (Wildman–Crippen MR) is 122 cm³/mol. The SMILES string of the molecule is O=C(NCCc1c[nH]c2ccc(O)cc12)OCc1ccccc1CCc1ccccc1. The van der Waals surface area contributed by atoms with Gasteiger partial charge in [0.15, 0.2) is 0 Å². The molecule has 0 aliphatic carbocycles. The Bertz CT molecular complexity index is 1150. The van der Waals surface area contributed by atoms with Gasteiger partial charge in [0.25, 0.3) is 0 Å². The zero-order chi connectivity index (χ0) is 21.5. The number of phenols is 1. The van der Waals surface area contributed by atoms with Crippen LogP contribution in [0.5, 0.6) is 5.75 Å². The van der Waals surface area contributed by atoms with E-state index < -0.39 is 6.09 Å². The average Bonchev–Trinajstić information content (AvgIpc) is 3.19. The number of aromatic nitrogens is 1. The molecule has 0 atom stereocenters. The van der Waals surface area contributed by atoms with Crippen LogP contribution in [-0.4, -0.2) is 22.7 Å². The van der Waals surface area contributed by atoms with Crippen molar-refractivity contribution in [1.29, 1.82) is 0 Å². The number of aryl methyl sites for hydroxylation is 2. The summed E-state index contributed by atoms with van der Waals surface area (Å²) in [6, 6.07) is 23.7. The summed E-state index contributed by atoms with van der Waals surface area (Å²) in [5.41, 5.74) is 5.51.